The molecule has 0 fully saturated rings. The van der Waals surface area contributed by atoms with Gasteiger partial charge in [-0.2, -0.15) is 73.4 Å². The van der Waals surface area contributed by atoms with E-state index in [1.165, 1.54) is 12.1 Å². The fourth-order valence-corrected chi connectivity index (χ4v) is 6.71. The first-order valence-corrected chi connectivity index (χ1v) is 16.1. The van der Waals surface area contributed by atoms with Crippen molar-refractivity contribution in [3.05, 3.63) is 66.9 Å². The number of rotatable bonds is 6. The van der Waals surface area contributed by atoms with Gasteiger partial charge in [-0.3, -0.25) is 9.59 Å². The molecule has 0 bridgehead atoms. The molecule has 10 nitrogen and oxygen atoms in total. The van der Waals surface area contributed by atoms with Crippen molar-refractivity contribution in [3.8, 4) is 23.5 Å². The Hall–Kier alpha value is -4.20. The molecule has 0 saturated heterocycles. The van der Waals surface area contributed by atoms with Crippen LogP contribution in [0.5, 0.6) is 0 Å². The lowest BCUT2D eigenvalue weighted by Gasteiger charge is -2.17. The Morgan fingerprint density at radius 3 is 1.09 bits per heavy atom. The highest BCUT2D eigenvalue weighted by Gasteiger charge is 2.40. The van der Waals surface area contributed by atoms with Gasteiger partial charge in [0.05, 0.1) is 41.0 Å². The summed E-state index contributed by atoms with van der Waals surface area (Å²) in [7, 11) is 0. The van der Waals surface area contributed by atoms with Crippen molar-refractivity contribution in [1.82, 2.24) is 19.6 Å². The highest BCUT2D eigenvalue weighted by molar-refractivity contribution is 8.00. The first-order chi connectivity index (χ1) is 24.7. The van der Waals surface area contributed by atoms with Crippen LogP contribution in [0.2, 0.25) is 20.1 Å². The number of benzene rings is 2. The van der Waals surface area contributed by atoms with Crippen molar-refractivity contribution >= 4 is 93.4 Å². The van der Waals surface area contributed by atoms with Gasteiger partial charge in [-0.15, -0.1) is 0 Å². The Bertz CT molecular complexity index is 2070. The smallest absolute Gasteiger partial charge is 0.301 e. The number of nitrogens with one attached hydrogen (secondary N) is 2. The van der Waals surface area contributed by atoms with Crippen molar-refractivity contribution in [2.45, 2.75) is 33.2 Å². The zero-order chi connectivity index (χ0) is 40.9. The third-order valence-corrected chi connectivity index (χ3v) is 8.91. The van der Waals surface area contributed by atoms with E-state index in [-0.39, 0.29) is 33.6 Å². The van der Waals surface area contributed by atoms with Crippen LogP contribution in [0, 0.1) is 22.7 Å². The van der Waals surface area contributed by atoms with Crippen LogP contribution in [0.25, 0.3) is 11.4 Å². The van der Waals surface area contributed by atoms with E-state index < -0.39 is 134 Å². The van der Waals surface area contributed by atoms with Crippen LogP contribution in [0.4, 0.5) is 64.3 Å². The average Bonchev–Trinajstić information content (AvgIpc) is 3.50. The van der Waals surface area contributed by atoms with Gasteiger partial charge in [-0.25, -0.2) is 9.36 Å². The summed E-state index contributed by atoms with van der Waals surface area (Å²) in [5, 5.41) is 25.4. The minimum absolute atomic E-state index is 0.160. The average molecular weight is 896 g/mol. The van der Waals surface area contributed by atoms with E-state index >= 15 is 0 Å². The highest BCUT2D eigenvalue weighted by atomic mass is 35.5. The topological polar surface area (TPSA) is 141 Å². The van der Waals surface area contributed by atoms with E-state index in [0.717, 1.165) is 0 Å². The normalized spacial score (nSPS) is 12.3. The molecule has 286 valence electrons. The van der Waals surface area contributed by atoms with Gasteiger partial charge in [0.25, 0.3) is 0 Å². The van der Waals surface area contributed by atoms with Gasteiger partial charge < -0.3 is 10.6 Å². The number of anilines is 2. The lowest BCUT2D eigenvalue weighted by atomic mass is 10.2. The molecule has 0 aliphatic heterocycles. The van der Waals surface area contributed by atoms with E-state index in [1.807, 2.05) is 0 Å². The second-order valence-electron chi connectivity index (χ2n) is 9.68. The standard InChI is InChI=1S/C26H6Cl4F12N8O2S2/c27-9-1-7(23(31,32)33)2-10(28)15(9)49-19(17(13(5-43)47-49)53-25(37,38)39)45-21(51)22(52)46-20-18(54-26(40,41)42)14(6-44)48-50(20)16-11(29)3-8(4-12(16)30)24(34,35)36/h1-4H,(H,45,51)(H,46,52). The minimum atomic E-state index is -5.28. The molecule has 2 aromatic heterocycles. The van der Waals surface area contributed by atoms with Crippen molar-refractivity contribution in [2.24, 2.45) is 0 Å². The summed E-state index contributed by atoms with van der Waals surface area (Å²) in [6, 6.07) is 3.46. The monoisotopic (exact) mass is 894 g/mol. The van der Waals surface area contributed by atoms with Gasteiger partial charge in [0, 0.05) is 0 Å². The Morgan fingerprint density at radius 2 is 0.870 bits per heavy atom. The number of aromatic nitrogens is 4. The maximum absolute atomic E-state index is 13.6. The van der Waals surface area contributed by atoms with Gasteiger partial charge in [0.15, 0.2) is 23.0 Å². The third kappa shape index (κ3) is 9.35. The quantitative estimate of drug-likeness (QED) is 0.111. The number of nitriles is 2. The number of carbonyl (C=O) groups excluding carboxylic acids is 2. The van der Waals surface area contributed by atoms with E-state index in [9.17, 15) is 72.8 Å². The Morgan fingerprint density at radius 1 is 0.593 bits per heavy atom. The van der Waals surface area contributed by atoms with E-state index in [4.69, 9.17) is 46.4 Å². The van der Waals surface area contributed by atoms with Crippen LogP contribution >= 0.6 is 69.9 Å². The lowest BCUT2D eigenvalue weighted by molar-refractivity contribution is -0.138. The summed E-state index contributed by atoms with van der Waals surface area (Å²) in [5.41, 5.74) is -17.5. The predicted molar refractivity (Wildman–Crippen MR) is 168 cm³/mol. The molecule has 2 aromatic carbocycles. The van der Waals surface area contributed by atoms with Crippen molar-refractivity contribution in [3.63, 3.8) is 0 Å². The van der Waals surface area contributed by atoms with Crippen LogP contribution in [-0.2, 0) is 21.9 Å². The molecular weight excluding hydrogens is 890 g/mol. The number of carbonyl (C=O) groups is 2. The number of thioether (sulfide) groups is 2. The fraction of sp³-hybridized carbons (Fsp3) is 0.154. The Kier molecular flexibility index (Phi) is 11.9. The molecule has 0 unspecified atom stereocenters. The number of nitrogens with zero attached hydrogens (tertiary/aromatic N) is 6. The van der Waals surface area contributed by atoms with Gasteiger partial charge >= 0.3 is 35.2 Å². The maximum atomic E-state index is 13.6. The summed E-state index contributed by atoms with van der Waals surface area (Å²) in [6.45, 7) is 0. The number of halogens is 16. The second-order valence-corrected chi connectivity index (χ2v) is 13.5. The number of alkyl halides is 12. The number of hydrogen-bond donors (Lipinski definition) is 2. The van der Waals surface area contributed by atoms with Gasteiger partial charge in [-0.05, 0) is 47.8 Å². The maximum Gasteiger partial charge on any atom is 0.446 e. The van der Waals surface area contributed by atoms with Crippen LogP contribution in [0.15, 0.2) is 34.1 Å². The zero-order valence-corrected chi connectivity index (χ0v) is 29.3. The summed E-state index contributed by atoms with van der Waals surface area (Å²) in [4.78, 5) is 23.9. The van der Waals surface area contributed by atoms with Crippen molar-refractivity contribution in [1.29, 1.82) is 10.5 Å². The summed E-state index contributed by atoms with van der Waals surface area (Å²) in [6.07, 6.45) is -10.1. The first-order valence-electron chi connectivity index (χ1n) is 13.0. The van der Waals surface area contributed by atoms with Gasteiger partial charge in [0.2, 0.25) is 0 Å². The molecule has 28 heteroatoms. The molecule has 2 amide bonds. The SMILES string of the molecule is N#Cc1nn(-c2c(Cl)cc(C(F)(F)F)cc2Cl)c(NC(=O)C(=O)Nc2c(SC(F)(F)F)c(C#N)nn2-c2c(Cl)cc(C(F)(F)F)cc2Cl)c1SC(F)(F)F. The van der Waals surface area contributed by atoms with Crippen LogP contribution in [0.3, 0.4) is 0 Å². The van der Waals surface area contributed by atoms with E-state index in [2.05, 4.69) is 10.2 Å². The Labute approximate surface area is 318 Å². The molecule has 0 spiro atoms. The number of amides is 2. The molecule has 0 aliphatic carbocycles. The van der Waals surface area contributed by atoms with Crippen molar-refractivity contribution < 1.29 is 62.3 Å². The summed E-state index contributed by atoms with van der Waals surface area (Å²) < 4.78 is 162. The second kappa shape index (κ2) is 15.1. The molecule has 54 heavy (non-hydrogen) atoms. The number of hydrogen-bond acceptors (Lipinski definition) is 8. The molecule has 0 radical (unpaired) electrons. The van der Waals surface area contributed by atoms with Crippen LogP contribution < -0.4 is 10.6 Å². The van der Waals surface area contributed by atoms with Gasteiger partial charge in [0.1, 0.15) is 23.5 Å². The fourth-order valence-electron chi connectivity index (χ4n) is 4.11. The molecule has 0 saturated carbocycles. The lowest BCUT2D eigenvalue weighted by Crippen LogP contribution is -2.31. The first kappa shape index (κ1) is 42.5. The van der Waals surface area contributed by atoms with E-state index in [1.54, 1.807) is 10.6 Å². The molecule has 0 atom stereocenters. The molecule has 0 aliphatic rings. The molecule has 2 N–H and O–H groups in total. The van der Waals surface area contributed by atoms with Gasteiger partial charge in [-0.1, -0.05) is 46.4 Å². The van der Waals surface area contributed by atoms with Crippen LogP contribution in [0.1, 0.15) is 22.5 Å². The minimum Gasteiger partial charge on any atom is -0.301 e. The summed E-state index contributed by atoms with van der Waals surface area (Å²) >= 11 is 21.6. The van der Waals surface area contributed by atoms with Crippen molar-refractivity contribution in [2.75, 3.05) is 10.6 Å². The van der Waals surface area contributed by atoms with E-state index in [0.29, 0.717) is 0 Å². The summed E-state index contributed by atoms with van der Waals surface area (Å²) in [5.74, 6) is -6.74. The Balaban J connectivity index is 1.89. The highest BCUT2D eigenvalue weighted by Crippen LogP contribution is 2.47. The molecule has 4 aromatic rings. The molecule has 2 heterocycles. The largest absolute Gasteiger partial charge is 0.446 e. The zero-order valence-electron chi connectivity index (χ0n) is 24.7. The third-order valence-electron chi connectivity index (χ3n) is 6.11. The van der Waals surface area contributed by atoms with Crippen LogP contribution in [-0.4, -0.2) is 42.4 Å². The molecular formula is C26H6Cl4F12N8O2S2. The molecule has 4 rings (SSSR count). The predicted octanol–water partition coefficient (Wildman–Crippen LogP) is 10.3.